The number of sulfonamides is 1. The summed E-state index contributed by atoms with van der Waals surface area (Å²) in [5.41, 5.74) is 0. The summed E-state index contributed by atoms with van der Waals surface area (Å²) in [4.78, 5) is 2.99. The monoisotopic (exact) mass is 424 g/mol. The minimum atomic E-state index is -3.56. The van der Waals surface area contributed by atoms with Crippen LogP contribution in [-0.4, -0.2) is 25.5 Å². The third-order valence-electron chi connectivity index (χ3n) is 3.60. The van der Waals surface area contributed by atoms with Crippen LogP contribution in [0.25, 0.3) is 0 Å². The number of hydrazine groups is 1. The highest BCUT2D eigenvalue weighted by Gasteiger charge is 2.29. The van der Waals surface area contributed by atoms with Crippen LogP contribution in [0.15, 0.2) is 32.0 Å². The molecule has 1 aromatic carbocycles. The quantitative estimate of drug-likeness (QED) is 0.803. The zero-order valence-electron chi connectivity index (χ0n) is 11.4. The molecule has 1 heterocycles. The molecule has 4 nitrogen and oxygen atoms in total. The zero-order valence-corrected chi connectivity index (χ0v) is 15.4. The molecular formula is C13H18Br2N2O2S. The van der Waals surface area contributed by atoms with E-state index in [0.29, 0.717) is 4.47 Å². The Kier molecular flexibility index (Phi) is 5.29. The molecule has 0 aromatic heterocycles. The Hall–Kier alpha value is 0.0500. The lowest BCUT2D eigenvalue weighted by molar-refractivity contribution is 0.0790. The number of rotatable bonds is 3. The summed E-state index contributed by atoms with van der Waals surface area (Å²) in [5.74, 6) is 0. The fraction of sp³-hybridized carbons (Fsp3) is 0.538. The Bertz CT molecular complexity index is 582. The predicted octanol–water partition coefficient (Wildman–Crippen LogP) is 3.67. The minimum absolute atomic E-state index is 0.211. The average Bonchev–Trinajstić information content (AvgIpc) is 2.33. The van der Waals surface area contributed by atoms with Crippen molar-refractivity contribution in [3.05, 3.63) is 27.1 Å². The van der Waals surface area contributed by atoms with Crippen LogP contribution >= 0.6 is 31.9 Å². The van der Waals surface area contributed by atoms with E-state index in [-0.39, 0.29) is 17.0 Å². The number of nitrogens with one attached hydrogen (secondary N) is 1. The van der Waals surface area contributed by atoms with Crippen LogP contribution in [0.5, 0.6) is 0 Å². The molecule has 1 aliphatic rings. The van der Waals surface area contributed by atoms with Gasteiger partial charge in [-0.3, -0.25) is 0 Å². The second kappa shape index (κ2) is 6.44. The van der Waals surface area contributed by atoms with E-state index >= 15 is 0 Å². The minimum Gasteiger partial charge on any atom is -0.225 e. The first kappa shape index (κ1) is 16.4. The summed E-state index contributed by atoms with van der Waals surface area (Å²) >= 11 is 6.64. The van der Waals surface area contributed by atoms with Crippen LogP contribution in [-0.2, 0) is 10.0 Å². The number of piperidine rings is 1. The van der Waals surface area contributed by atoms with Gasteiger partial charge in [0, 0.05) is 21.0 Å². The number of hydrogen-bond donors (Lipinski definition) is 1. The second-order valence-corrected chi connectivity index (χ2v) is 8.60. The molecule has 0 saturated carbocycles. The van der Waals surface area contributed by atoms with Gasteiger partial charge in [0.1, 0.15) is 0 Å². The largest absolute Gasteiger partial charge is 0.254 e. The molecule has 1 fully saturated rings. The third-order valence-corrected chi connectivity index (χ3v) is 6.40. The van der Waals surface area contributed by atoms with Crippen molar-refractivity contribution in [1.82, 2.24) is 9.84 Å². The third kappa shape index (κ3) is 3.62. The number of halogens is 2. The van der Waals surface area contributed by atoms with E-state index in [0.717, 1.165) is 23.7 Å². The average molecular weight is 426 g/mol. The lowest BCUT2D eigenvalue weighted by Crippen LogP contribution is -2.53. The summed E-state index contributed by atoms with van der Waals surface area (Å²) in [6, 6.07) is 5.47. The molecule has 0 radical (unpaired) electrons. The normalized spacial score (nSPS) is 24.8. The number of benzene rings is 1. The van der Waals surface area contributed by atoms with Crippen molar-refractivity contribution < 1.29 is 8.42 Å². The predicted molar refractivity (Wildman–Crippen MR) is 86.8 cm³/mol. The van der Waals surface area contributed by atoms with Crippen LogP contribution in [0, 0.1) is 0 Å². The molecule has 20 heavy (non-hydrogen) atoms. The van der Waals surface area contributed by atoms with Gasteiger partial charge in [-0.1, -0.05) is 22.4 Å². The molecule has 1 aliphatic heterocycles. The Morgan fingerprint density at radius 2 is 1.80 bits per heavy atom. The maximum absolute atomic E-state index is 12.5. The molecule has 0 bridgehead atoms. The van der Waals surface area contributed by atoms with Gasteiger partial charge in [0.25, 0.3) is 10.0 Å². The first-order chi connectivity index (χ1) is 9.31. The molecule has 1 N–H and O–H groups in total. The Morgan fingerprint density at radius 3 is 2.35 bits per heavy atom. The first-order valence-corrected chi connectivity index (χ1v) is 9.64. The molecule has 2 unspecified atom stereocenters. The van der Waals surface area contributed by atoms with Crippen molar-refractivity contribution in [2.45, 2.75) is 50.1 Å². The van der Waals surface area contributed by atoms with E-state index in [1.807, 2.05) is 5.01 Å². The van der Waals surface area contributed by atoms with Gasteiger partial charge in [-0.2, -0.15) is 0 Å². The van der Waals surface area contributed by atoms with Gasteiger partial charge in [-0.15, -0.1) is 4.83 Å². The van der Waals surface area contributed by atoms with E-state index in [4.69, 9.17) is 0 Å². The second-order valence-electron chi connectivity index (χ2n) is 5.21. The van der Waals surface area contributed by atoms with E-state index in [1.165, 1.54) is 0 Å². The van der Waals surface area contributed by atoms with E-state index < -0.39 is 10.0 Å². The van der Waals surface area contributed by atoms with Gasteiger partial charge in [0.05, 0.1) is 4.90 Å². The van der Waals surface area contributed by atoms with Crippen LogP contribution in [0.1, 0.15) is 33.1 Å². The van der Waals surface area contributed by atoms with Crippen molar-refractivity contribution in [1.29, 1.82) is 0 Å². The molecule has 1 saturated heterocycles. The fourth-order valence-electron chi connectivity index (χ4n) is 2.48. The van der Waals surface area contributed by atoms with Crippen LogP contribution in [0.3, 0.4) is 0 Å². The standard InChI is InChI=1S/C13H18Br2N2O2S/c1-9-4-3-5-10(2)17(9)16-20(18,19)13-7-6-11(14)8-12(13)15/h6-10,16H,3-5H2,1-2H3. The van der Waals surface area contributed by atoms with E-state index in [2.05, 4.69) is 50.5 Å². The van der Waals surface area contributed by atoms with Gasteiger partial charge in [-0.25, -0.2) is 13.4 Å². The summed E-state index contributed by atoms with van der Waals surface area (Å²) in [7, 11) is -3.56. The van der Waals surface area contributed by atoms with Crippen molar-refractivity contribution in [2.75, 3.05) is 0 Å². The van der Waals surface area contributed by atoms with Crippen LogP contribution in [0.4, 0.5) is 0 Å². The Morgan fingerprint density at radius 1 is 1.20 bits per heavy atom. The first-order valence-electron chi connectivity index (χ1n) is 6.57. The number of hydrogen-bond acceptors (Lipinski definition) is 3. The topological polar surface area (TPSA) is 49.4 Å². The lowest BCUT2D eigenvalue weighted by Gasteiger charge is -2.38. The maximum Gasteiger partial charge on any atom is 0.254 e. The molecule has 7 heteroatoms. The summed E-state index contributed by atoms with van der Waals surface area (Å²) in [5, 5.41) is 1.85. The van der Waals surface area contributed by atoms with Gasteiger partial charge in [-0.05, 0) is 60.8 Å². The highest BCUT2D eigenvalue weighted by Crippen LogP contribution is 2.27. The fourth-order valence-corrected chi connectivity index (χ4v) is 5.47. The van der Waals surface area contributed by atoms with Crippen molar-refractivity contribution >= 4 is 41.9 Å². The van der Waals surface area contributed by atoms with Crippen LogP contribution < -0.4 is 4.83 Å². The van der Waals surface area contributed by atoms with Gasteiger partial charge >= 0.3 is 0 Å². The van der Waals surface area contributed by atoms with Gasteiger partial charge in [0.2, 0.25) is 0 Å². The number of nitrogens with zero attached hydrogens (tertiary/aromatic N) is 1. The molecule has 0 aliphatic carbocycles. The smallest absolute Gasteiger partial charge is 0.225 e. The van der Waals surface area contributed by atoms with Crippen molar-refractivity contribution in [2.24, 2.45) is 0 Å². The van der Waals surface area contributed by atoms with Gasteiger partial charge in [0.15, 0.2) is 0 Å². The maximum atomic E-state index is 12.5. The lowest BCUT2D eigenvalue weighted by atomic mass is 10.0. The molecule has 0 spiro atoms. The molecule has 2 atom stereocenters. The summed E-state index contributed by atoms with van der Waals surface area (Å²) < 4.78 is 26.4. The molecule has 112 valence electrons. The van der Waals surface area contributed by atoms with Gasteiger partial charge < -0.3 is 0 Å². The molecule has 0 amide bonds. The summed E-state index contributed by atoms with van der Waals surface area (Å²) in [6.07, 6.45) is 3.16. The summed E-state index contributed by atoms with van der Waals surface area (Å²) in [6.45, 7) is 4.10. The molecule has 1 aromatic rings. The van der Waals surface area contributed by atoms with Crippen molar-refractivity contribution in [3.8, 4) is 0 Å². The van der Waals surface area contributed by atoms with Crippen molar-refractivity contribution in [3.63, 3.8) is 0 Å². The highest BCUT2D eigenvalue weighted by atomic mass is 79.9. The Labute approximate surface area is 137 Å². The molecule has 2 rings (SSSR count). The Balaban J connectivity index is 2.26. The van der Waals surface area contributed by atoms with E-state index in [1.54, 1.807) is 18.2 Å². The molecular weight excluding hydrogens is 408 g/mol. The SMILES string of the molecule is CC1CCCC(C)N1NS(=O)(=O)c1ccc(Br)cc1Br. The van der Waals surface area contributed by atoms with E-state index in [9.17, 15) is 8.42 Å². The van der Waals surface area contributed by atoms with Crippen LogP contribution in [0.2, 0.25) is 0 Å². The highest BCUT2D eigenvalue weighted by molar-refractivity contribution is 9.11. The zero-order chi connectivity index (χ0) is 14.9.